The zero-order valence-electron chi connectivity index (χ0n) is 11.9. The van der Waals surface area contributed by atoms with E-state index in [-0.39, 0.29) is 18.0 Å². The zero-order chi connectivity index (χ0) is 14.5. The van der Waals surface area contributed by atoms with Crippen LogP contribution in [0.15, 0.2) is 24.3 Å². The molecule has 1 aromatic rings. The predicted octanol–water partition coefficient (Wildman–Crippen LogP) is 2.42. The van der Waals surface area contributed by atoms with Crippen molar-refractivity contribution in [3.8, 4) is 5.75 Å². The molecule has 20 heavy (non-hydrogen) atoms. The second-order valence-corrected chi connectivity index (χ2v) is 5.03. The Balaban J connectivity index is 1.97. The summed E-state index contributed by atoms with van der Waals surface area (Å²) in [6.45, 7) is 2.72. The van der Waals surface area contributed by atoms with Crippen LogP contribution in [0.5, 0.6) is 5.75 Å². The molecule has 1 aliphatic rings. The largest absolute Gasteiger partial charge is 0.497 e. The molecule has 5 heteroatoms. The van der Waals surface area contributed by atoms with Crippen molar-refractivity contribution in [1.29, 1.82) is 0 Å². The van der Waals surface area contributed by atoms with Gasteiger partial charge in [-0.25, -0.2) is 4.79 Å². The maximum absolute atomic E-state index is 12.1. The molecule has 0 spiro atoms. The lowest BCUT2D eigenvalue weighted by atomic mass is 10.0. The number of benzene rings is 1. The minimum absolute atomic E-state index is 0.187. The number of amides is 3. The van der Waals surface area contributed by atoms with Crippen molar-refractivity contribution < 1.29 is 14.3 Å². The number of piperidine rings is 1. The van der Waals surface area contributed by atoms with Crippen LogP contribution in [0.4, 0.5) is 4.79 Å². The van der Waals surface area contributed by atoms with E-state index in [0.717, 1.165) is 19.3 Å². The minimum Gasteiger partial charge on any atom is -0.497 e. The number of ether oxygens (including phenoxy) is 1. The molecule has 1 N–H and O–H groups in total. The SMILES string of the molecule is COc1ccc(C(=O)NC(=O)N2CCCCC2C)cc1. The van der Waals surface area contributed by atoms with E-state index in [1.807, 2.05) is 6.92 Å². The van der Waals surface area contributed by atoms with E-state index in [0.29, 0.717) is 17.9 Å². The number of carbonyl (C=O) groups excluding carboxylic acids is 2. The van der Waals surface area contributed by atoms with Crippen LogP contribution < -0.4 is 10.1 Å². The Kier molecular flexibility index (Phi) is 4.61. The number of nitrogens with zero attached hydrogens (tertiary/aromatic N) is 1. The molecule has 108 valence electrons. The third-order valence-electron chi connectivity index (χ3n) is 3.64. The highest BCUT2D eigenvalue weighted by molar-refractivity contribution is 6.04. The van der Waals surface area contributed by atoms with Crippen molar-refractivity contribution in [2.75, 3.05) is 13.7 Å². The van der Waals surface area contributed by atoms with E-state index in [4.69, 9.17) is 4.74 Å². The van der Waals surface area contributed by atoms with Crippen LogP contribution in [-0.2, 0) is 0 Å². The third-order valence-corrected chi connectivity index (χ3v) is 3.64. The molecule has 5 nitrogen and oxygen atoms in total. The molecular formula is C15H20N2O3. The molecule has 0 bridgehead atoms. The number of nitrogens with one attached hydrogen (secondary N) is 1. The summed E-state index contributed by atoms with van der Waals surface area (Å²) in [6, 6.07) is 6.55. The van der Waals surface area contributed by atoms with Gasteiger partial charge in [0, 0.05) is 18.2 Å². The summed E-state index contributed by atoms with van der Waals surface area (Å²) in [5.41, 5.74) is 0.448. The van der Waals surface area contributed by atoms with Crippen LogP contribution >= 0.6 is 0 Å². The number of urea groups is 1. The second-order valence-electron chi connectivity index (χ2n) is 5.03. The van der Waals surface area contributed by atoms with Crippen LogP contribution in [0.25, 0.3) is 0 Å². The maximum Gasteiger partial charge on any atom is 0.324 e. The average Bonchev–Trinajstić information content (AvgIpc) is 2.47. The molecule has 0 radical (unpaired) electrons. The van der Waals surface area contributed by atoms with E-state index in [1.165, 1.54) is 0 Å². The number of likely N-dealkylation sites (tertiary alicyclic amines) is 1. The fourth-order valence-electron chi connectivity index (χ4n) is 2.38. The monoisotopic (exact) mass is 276 g/mol. The predicted molar refractivity (Wildman–Crippen MR) is 75.9 cm³/mol. The lowest BCUT2D eigenvalue weighted by Gasteiger charge is -2.33. The number of hydrogen-bond acceptors (Lipinski definition) is 3. The van der Waals surface area contributed by atoms with Crippen LogP contribution in [0.2, 0.25) is 0 Å². The van der Waals surface area contributed by atoms with Gasteiger partial charge in [-0.1, -0.05) is 0 Å². The van der Waals surface area contributed by atoms with Crippen molar-refractivity contribution in [1.82, 2.24) is 10.2 Å². The first-order chi connectivity index (χ1) is 9.61. The Bertz CT molecular complexity index is 484. The second kappa shape index (κ2) is 6.41. The van der Waals surface area contributed by atoms with Gasteiger partial charge in [-0.3, -0.25) is 10.1 Å². The summed E-state index contributed by atoms with van der Waals surface area (Å²) in [6.07, 6.45) is 3.12. The molecule has 1 atom stereocenters. The Morgan fingerprint density at radius 2 is 1.95 bits per heavy atom. The quantitative estimate of drug-likeness (QED) is 0.902. The first kappa shape index (κ1) is 14.4. The van der Waals surface area contributed by atoms with Gasteiger partial charge in [-0.2, -0.15) is 0 Å². The zero-order valence-corrected chi connectivity index (χ0v) is 11.9. The van der Waals surface area contributed by atoms with E-state index in [2.05, 4.69) is 5.32 Å². The Hall–Kier alpha value is -2.04. The molecule has 1 saturated heterocycles. The highest BCUT2D eigenvalue weighted by Crippen LogP contribution is 2.16. The van der Waals surface area contributed by atoms with Gasteiger partial charge in [-0.15, -0.1) is 0 Å². The Morgan fingerprint density at radius 1 is 1.25 bits per heavy atom. The number of carbonyl (C=O) groups is 2. The van der Waals surface area contributed by atoms with E-state index < -0.39 is 0 Å². The summed E-state index contributed by atoms with van der Waals surface area (Å²) in [5.74, 6) is 0.299. The highest BCUT2D eigenvalue weighted by Gasteiger charge is 2.24. The van der Waals surface area contributed by atoms with Crippen molar-refractivity contribution in [3.63, 3.8) is 0 Å². The topological polar surface area (TPSA) is 58.6 Å². The molecule has 0 aliphatic carbocycles. The van der Waals surface area contributed by atoms with Crippen LogP contribution in [-0.4, -0.2) is 36.5 Å². The van der Waals surface area contributed by atoms with Gasteiger partial charge in [0.2, 0.25) is 0 Å². The average molecular weight is 276 g/mol. The summed E-state index contributed by atoms with van der Waals surface area (Å²) in [5, 5.41) is 2.44. The summed E-state index contributed by atoms with van der Waals surface area (Å²) in [4.78, 5) is 25.8. The van der Waals surface area contributed by atoms with Gasteiger partial charge >= 0.3 is 6.03 Å². The first-order valence-corrected chi connectivity index (χ1v) is 6.88. The van der Waals surface area contributed by atoms with Crippen molar-refractivity contribution in [2.45, 2.75) is 32.2 Å². The standard InChI is InChI=1S/C15H20N2O3/c1-11-5-3-4-10-17(11)15(19)16-14(18)12-6-8-13(20-2)9-7-12/h6-9,11H,3-5,10H2,1-2H3,(H,16,18,19). The number of methoxy groups -OCH3 is 1. The lowest BCUT2D eigenvalue weighted by molar-refractivity contribution is 0.0938. The summed E-state index contributed by atoms with van der Waals surface area (Å²) < 4.78 is 5.03. The Morgan fingerprint density at radius 3 is 2.55 bits per heavy atom. The van der Waals surface area contributed by atoms with Crippen LogP contribution in [0.3, 0.4) is 0 Å². The smallest absolute Gasteiger partial charge is 0.324 e. The first-order valence-electron chi connectivity index (χ1n) is 6.88. The Labute approximate surface area is 118 Å². The summed E-state index contributed by atoms with van der Waals surface area (Å²) in [7, 11) is 1.57. The number of imide groups is 1. The van der Waals surface area contributed by atoms with E-state index in [9.17, 15) is 9.59 Å². The fraction of sp³-hybridized carbons (Fsp3) is 0.467. The molecule has 2 rings (SSSR count). The minimum atomic E-state index is -0.379. The number of hydrogen-bond donors (Lipinski definition) is 1. The molecule has 0 saturated carbocycles. The molecule has 1 fully saturated rings. The van der Waals surface area contributed by atoms with Gasteiger partial charge in [-0.05, 0) is 50.5 Å². The number of rotatable bonds is 2. The van der Waals surface area contributed by atoms with Crippen molar-refractivity contribution in [2.24, 2.45) is 0 Å². The van der Waals surface area contributed by atoms with E-state index in [1.54, 1.807) is 36.3 Å². The normalized spacial score (nSPS) is 18.5. The fourth-order valence-corrected chi connectivity index (χ4v) is 2.38. The maximum atomic E-state index is 12.1. The lowest BCUT2D eigenvalue weighted by Crippen LogP contribution is -2.49. The van der Waals surface area contributed by atoms with Gasteiger partial charge in [0.1, 0.15) is 5.75 Å². The highest BCUT2D eigenvalue weighted by atomic mass is 16.5. The third kappa shape index (κ3) is 3.29. The molecular weight excluding hydrogens is 256 g/mol. The molecule has 1 aliphatic heterocycles. The van der Waals surface area contributed by atoms with Crippen LogP contribution in [0.1, 0.15) is 36.5 Å². The molecule has 1 unspecified atom stereocenters. The van der Waals surface area contributed by atoms with Gasteiger partial charge in [0.25, 0.3) is 5.91 Å². The van der Waals surface area contributed by atoms with Crippen molar-refractivity contribution in [3.05, 3.63) is 29.8 Å². The van der Waals surface area contributed by atoms with Crippen LogP contribution in [0, 0.1) is 0 Å². The van der Waals surface area contributed by atoms with Crippen molar-refractivity contribution >= 4 is 11.9 Å². The van der Waals surface area contributed by atoms with Gasteiger partial charge < -0.3 is 9.64 Å². The summed E-state index contributed by atoms with van der Waals surface area (Å²) >= 11 is 0. The molecule has 0 aromatic heterocycles. The van der Waals surface area contributed by atoms with Gasteiger partial charge in [0.05, 0.1) is 7.11 Å². The van der Waals surface area contributed by atoms with Gasteiger partial charge in [0.15, 0.2) is 0 Å². The molecule has 1 heterocycles. The molecule has 1 aromatic carbocycles. The molecule has 3 amide bonds. The van der Waals surface area contributed by atoms with E-state index >= 15 is 0 Å².